The van der Waals surface area contributed by atoms with Crippen molar-refractivity contribution in [1.82, 2.24) is 10.3 Å². The predicted octanol–water partition coefficient (Wildman–Crippen LogP) is 4.66. The van der Waals surface area contributed by atoms with Crippen molar-refractivity contribution in [2.45, 2.75) is 37.9 Å². The highest BCUT2D eigenvalue weighted by atomic mass is 32.1. The normalized spacial score (nSPS) is 21.5. The molecule has 1 amide bonds. The Bertz CT molecular complexity index is 699. The quantitative estimate of drug-likeness (QED) is 0.871. The van der Waals surface area contributed by atoms with Crippen LogP contribution in [0.4, 0.5) is 13.2 Å². The van der Waals surface area contributed by atoms with Crippen LogP contribution in [0, 0.1) is 5.92 Å². The third-order valence-electron chi connectivity index (χ3n) is 4.26. The maximum Gasteiger partial charge on any atom is 0.393 e. The molecule has 24 heavy (non-hydrogen) atoms. The summed E-state index contributed by atoms with van der Waals surface area (Å²) in [4.78, 5) is 16.6. The summed E-state index contributed by atoms with van der Waals surface area (Å²) in [6.07, 6.45) is -2.61. The average molecular weight is 354 g/mol. The van der Waals surface area contributed by atoms with Gasteiger partial charge in [-0.2, -0.15) is 13.2 Å². The fourth-order valence-corrected chi connectivity index (χ4v) is 3.84. The highest BCUT2D eigenvalue weighted by molar-refractivity contribution is 7.13. The van der Waals surface area contributed by atoms with Gasteiger partial charge in [-0.05, 0) is 12.8 Å². The number of benzene rings is 1. The topological polar surface area (TPSA) is 42.0 Å². The lowest BCUT2D eigenvalue weighted by Gasteiger charge is -2.33. The standard InChI is InChI=1S/C17H17F3N2OS/c18-17(19,20)12-8-4-5-9-13(12)21-15(23)14-10-24-16(22-14)11-6-2-1-3-7-11/h1-3,6-7,10,12-13H,4-5,8-9H2,(H,21,23)/t12-,13+/m1/s1. The number of amides is 1. The second-order valence-corrected chi connectivity index (χ2v) is 6.77. The molecule has 2 atom stereocenters. The summed E-state index contributed by atoms with van der Waals surface area (Å²) in [7, 11) is 0. The lowest BCUT2D eigenvalue weighted by molar-refractivity contribution is -0.187. The van der Waals surface area contributed by atoms with Crippen molar-refractivity contribution in [2.24, 2.45) is 5.92 Å². The van der Waals surface area contributed by atoms with Gasteiger partial charge in [0.25, 0.3) is 5.91 Å². The highest BCUT2D eigenvalue weighted by Crippen LogP contribution is 2.37. The van der Waals surface area contributed by atoms with Crippen LogP contribution in [-0.4, -0.2) is 23.1 Å². The minimum Gasteiger partial charge on any atom is -0.347 e. The number of hydrogen-bond donors (Lipinski definition) is 1. The van der Waals surface area contributed by atoms with Crippen molar-refractivity contribution < 1.29 is 18.0 Å². The molecule has 1 aromatic heterocycles. The molecule has 0 bridgehead atoms. The van der Waals surface area contributed by atoms with Crippen LogP contribution in [0.25, 0.3) is 10.6 Å². The zero-order chi connectivity index (χ0) is 17.2. The lowest BCUT2D eigenvalue weighted by atomic mass is 9.84. The molecule has 0 radical (unpaired) electrons. The van der Waals surface area contributed by atoms with Gasteiger partial charge < -0.3 is 5.32 Å². The number of carbonyl (C=O) groups excluding carboxylic acids is 1. The molecule has 1 heterocycles. The van der Waals surface area contributed by atoms with E-state index in [4.69, 9.17) is 0 Å². The molecule has 3 nitrogen and oxygen atoms in total. The van der Waals surface area contributed by atoms with E-state index in [1.165, 1.54) is 11.3 Å². The van der Waals surface area contributed by atoms with Crippen LogP contribution < -0.4 is 5.32 Å². The summed E-state index contributed by atoms with van der Waals surface area (Å²) in [6, 6.07) is 8.50. The second-order valence-electron chi connectivity index (χ2n) is 5.92. The van der Waals surface area contributed by atoms with Gasteiger partial charge in [-0.1, -0.05) is 43.2 Å². The van der Waals surface area contributed by atoms with Crippen molar-refractivity contribution in [1.29, 1.82) is 0 Å². The minimum absolute atomic E-state index is 0.0702. The number of rotatable bonds is 3. The molecule has 128 valence electrons. The van der Waals surface area contributed by atoms with Gasteiger partial charge in [-0.15, -0.1) is 11.3 Å². The van der Waals surface area contributed by atoms with Gasteiger partial charge >= 0.3 is 6.18 Å². The van der Waals surface area contributed by atoms with Gasteiger partial charge in [-0.3, -0.25) is 4.79 Å². The van der Waals surface area contributed by atoms with E-state index in [0.29, 0.717) is 24.3 Å². The van der Waals surface area contributed by atoms with Crippen LogP contribution in [0.2, 0.25) is 0 Å². The SMILES string of the molecule is O=C(N[C@H]1CCCC[C@H]1C(F)(F)F)c1csc(-c2ccccc2)n1. The number of thiazole rings is 1. The van der Waals surface area contributed by atoms with Crippen molar-refractivity contribution in [2.75, 3.05) is 0 Å². The Balaban J connectivity index is 1.72. The molecule has 0 aliphatic heterocycles. The number of hydrogen-bond acceptors (Lipinski definition) is 3. The fourth-order valence-electron chi connectivity index (χ4n) is 3.03. The van der Waals surface area contributed by atoms with Crippen LogP contribution in [0.5, 0.6) is 0 Å². The molecule has 7 heteroatoms. The first-order valence-electron chi connectivity index (χ1n) is 7.83. The first-order chi connectivity index (χ1) is 11.4. The van der Waals surface area contributed by atoms with E-state index in [0.717, 1.165) is 5.56 Å². The molecule has 1 aliphatic carbocycles. The summed E-state index contributed by atoms with van der Waals surface area (Å²) in [5.74, 6) is -2.00. The molecule has 1 aliphatic rings. The van der Waals surface area contributed by atoms with Crippen LogP contribution >= 0.6 is 11.3 Å². The predicted molar refractivity (Wildman–Crippen MR) is 86.8 cm³/mol. The first kappa shape index (κ1) is 17.0. The number of alkyl halides is 3. The highest BCUT2D eigenvalue weighted by Gasteiger charge is 2.46. The smallest absolute Gasteiger partial charge is 0.347 e. The zero-order valence-corrected chi connectivity index (χ0v) is 13.7. The Labute approximate surface area is 141 Å². The van der Waals surface area contributed by atoms with Crippen molar-refractivity contribution in [3.8, 4) is 10.6 Å². The summed E-state index contributed by atoms with van der Waals surface area (Å²) >= 11 is 1.31. The summed E-state index contributed by atoms with van der Waals surface area (Å²) < 4.78 is 39.3. The Hall–Kier alpha value is -1.89. The molecule has 0 saturated heterocycles. The van der Waals surface area contributed by atoms with E-state index in [9.17, 15) is 18.0 Å². The maximum absolute atomic E-state index is 13.1. The lowest BCUT2D eigenvalue weighted by Crippen LogP contribution is -2.47. The van der Waals surface area contributed by atoms with E-state index in [2.05, 4.69) is 10.3 Å². The number of halogens is 3. The van der Waals surface area contributed by atoms with E-state index in [-0.39, 0.29) is 12.1 Å². The molecule has 0 unspecified atom stereocenters. The molecule has 1 saturated carbocycles. The van der Waals surface area contributed by atoms with E-state index in [1.807, 2.05) is 30.3 Å². The minimum atomic E-state index is -4.28. The molecule has 3 rings (SSSR count). The third-order valence-corrected chi connectivity index (χ3v) is 5.15. The van der Waals surface area contributed by atoms with Crippen LogP contribution in [0.3, 0.4) is 0 Å². The molecule has 0 spiro atoms. The van der Waals surface area contributed by atoms with Crippen molar-refractivity contribution in [3.63, 3.8) is 0 Å². The van der Waals surface area contributed by atoms with Crippen LogP contribution in [0.15, 0.2) is 35.7 Å². The summed E-state index contributed by atoms with van der Waals surface area (Å²) in [5.41, 5.74) is 1.05. The van der Waals surface area contributed by atoms with Gasteiger partial charge in [-0.25, -0.2) is 4.98 Å². The number of carbonyl (C=O) groups is 1. The Morgan fingerprint density at radius 2 is 1.88 bits per heavy atom. The monoisotopic (exact) mass is 354 g/mol. The maximum atomic E-state index is 13.1. The molecular weight excluding hydrogens is 337 g/mol. The molecule has 2 aromatic rings. The van der Waals surface area contributed by atoms with Crippen LogP contribution in [-0.2, 0) is 0 Å². The van der Waals surface area contributed by atoms with Gasteiger partial charge in [0.15, 0.2) is 0 Å². The number of nitrogens with one attached hydrogen (secondary N) is 1. The molecule has 1 N–H and O–H groups in total. The number of aromatic nitrogens is 1. The van der Waals surface area contributed by atoms with Gasteiger partial charge in [0.2, 0.25) is 0 Å². The van der Waals surface area contributed by atoms with E-state index < -0.39 is 24.0 Å². The van der Waals surface area contributed by atoms with Crippen molar-refractivity contribution >= 4 is 17.2 Å². The van der Waals surface area contributed by atoms with Gasteiger partial charge in [0.05, 0.1) is 5.92 Å². The fraction of sp³-hybridized carbons (Fsp3) is 0.412. The zero-order valence-electron chi connectivity index (χ0n) is 12.8. The number of nitrogens with zero attached hydrogens (tertiary/aromatic N) is 1. The first-order valence-corrected chi connectivity index (χ1v) is 8.71. The molecule has 1 aromatic carbocycles. The van der Waals surface area contributed by atoms with Gasteiger partial charge in [0.1, 0.15) is 10.7 Å². The Morgan fingerprint density at radius 3 is 2.58 bits per heavy atom. The Morgan fingerprint density at radius 1 is 1.17 bits per heavy atom. The summed E-state index contributed by atoms with van der Waals surface area (Å²) in [6.45, 7) is 0. The largest absolute Gasteiger partial charge is 0.393 e. The van der Waals surface area contributed by atoms with E-state index >= 15 is 0 Å². The van der Waals surface area contributed by atoms with Crippen LogP contribution in [0.1, 0.15) is 36.2 Å². The second kappa shape index (κ2) is 6.93. The summed E-state index contributed by atoms with van der Waals surface area (Å²) in [5, 5.41) is 4.81. The van der Waals surface area contributed by atoms with Crippen molar-refractivity contribution in [3.05, 3.63) is 41.4 Å². The molecule has 1 fully saturated rings. The average Bonchev–Trinajstić information content (AvgIpc) is 3.05. The van der Waals surface area contributed by atoms with Gasteiger partial charge in [0, 0.05) is 17.0 Å². The molecular formula is C17H17F3N2OS. The van der Waals surface area contributed by atoms with E-state index in [1.54, 1.807) is 5.38 Å². The third kappa shape index (κ3) is 3.77. The Kier molecular flexibility index (Phi) is 4.89.